The van der Waals surface area contributed by atoms with Gasteiger partial charge in [0.1, 0.15) is 0 Å². The van der Waals surface area contributed by atoms with E-state index in [-0.39, 0.29) is 11.7 Å². The normalized spacial score (nSPS) is 10.6. The highest BCUT2D eigenvalue weighted by Gasteiger charge is 2.15. The number of nitrogens with zero attached hydrogens (tertiary/aromatic N) is 3. The van der Waals surface area contributed by atoms with Gasteiger partial charge in [0.25, 0.3) is 0 Å². The molecular weight excluding hydrogens is 356 g/mol. The molecule has 3 aromatic rings. The van der Waals surface area contributed by atoms with Gasteiger partial charge >= 0.3 is 0 Å². The largest absolute Gasteiger partial charge is 0.325 e. The Bertz CT molecular complexity index is 930. The van der Waals surface area contributed by atoms with Crippen LogP contribution in [0.1, 0.15) is 11.1 Å². The molecule has 5 nitrogen and oxygen atoms in total. The number of allylic oxidation sites excluding steroid dienone is 1. The Morgan fingerprint density at radius 2 is 1.81 bits per heavy atom. The van der Waals surface area contributed by atoms with Crippen molar-refractivity contribution in [1.82, 2.24) is 14.8 Å². The van der Waals surface area contributed by atoms with Crippen LogP contribution in [-0.4, -0.2) is 26.4 Å². The topological polar surface area (TPSA) is 59.8 Å². The standard InChI is InChI=1S/C21H22N4OS/c1-4-13-25-20(17-11-6-5-7-12-17)23-24-21(25)27-14-18(26)22-19-15(2)9-8-10-16(19)3/h4-12H,1,13-14H2,2-3H3,(H,22,26). The molecule has 0 fully saturated rings. The van der Waals surface area contributed by atoms with Gasteiger partial charge in [-0.25, -0.2) is 0 Å². The van der Waals surface area contributed by atoms with E-state index in [0.717, 1.165) is 28.2 Å². The molecule has 0 aliphatic heterocycles. The maximum absolute atomic E-state index is 12.4. The van der Waals surface area contributed by atoms with Crippen molar-refractivity contribution in [2.24, 2.45) is 0 Å². The number of aryl methyl sites for hydroxylation is 2. The molecule has 1 heterocycles. The van der Waals surface area contributed by atoms with Crippen molar-refractivity contribution >= 4 is 23.4 Å². The molecule has 1 N–H and O–H groups in total. The molecule has 0 bridgehead atoms. The highest BCUT2D eigenvalue weighted by molar-refractivity contribution is 7.99. The smallest absolute Gasteiger partial charge is 0.234 e. The van der Waals surface area contributed by atoms with E-state index in [1.807, 2.05) is 66.9 Å². The maximum Gasteiger partial charge on any atom is 0.234 e. The summed E-state index contributed by atoms with van der Waals surface area (Å²) in [5.74, 6) is 0.970. The van der Waals surface area contributed by atoms with Gasteiger partial charge in [-0.05, 0) is 25.0 Å². The van der Waals surface area contributed by atoms with Gasteiger partial charge in [-0.3, -0.25) is 9.36 Å². The number of carbonyl (C=O) groups is 1. The van der Waals surface area contributed by atoms with E-state index in [0.29, 0.717) is 11.7 Å². The van der Waals surface area contributed by atoms with Crippen molar-refractivity contribution in [2.45, 2.75) is 25.5 Å². The number of aromatic nitrogens is 3. The van der Waals surface area contributed by atoms with Gasteiger partial charge in [0.2, 0.25) is 5.91 Å². The number of rotatable bonds is 7. The van der Waals surface area contributed by atoms with E-state index in [9.17, 15) is 4.79 Å². The average Bonchev–Trinajstić information content (AvgIpc) is 3.07. The molecule has 138 valence electrons. The molecule has 2 aromatic carbocycles. The summed E-state index contributed by atoms with van der Waals surface area (Å²) in [5.41, 5.74) is 3.96. The van der Waals surface area contributed by atoms with Crippen LogP contribution < -0.4 is 5.32 Å². The summed E-state index contributed by atoms with van der Waals surface area (Å²) in [4.78, 5) is 12.4. The Morgan fingerprint density at radius 1 is 1.11 bits per heavy atom. The van der Waals surface area contributed by atoms with Crippen LogP contribution in [0, 0.1) is 13.8 Å². The Hall–Kier alpha value is -2.86. The number of benzene rings is 2. The number of nitrogens with one attached hydrogen (secondary N) is 1. The number of hydrogen-bond acceptors (Lipinski definition) is 4. The lowest BCUT2D eigenvalue weighted by molar-refractivity contribution is -0.113. The van der Waals surface area contributed by atoms with Gasteiger partial charge in [0.05, 0.1) is 5.75 Å². The van der Waals surface area contributed by atoms with Crippen molar-refractivity contribution < 1.29 is 4.79 Å². The van der Waals surface area contributed by atoms with E-state index < -0.39 is 0 Å². The Kier molecular flexibility index (Phi) is 6.08. The molecule has 0 radical (unpaired) electrons. The number of carbonyl (C=O) groups excluding carboxylic acids is 1. The van der Waals surface area contributed by atoms with Crippen LogP contribution in [0.3, 0.4) is 0 Å². The third-order valence-corrected chi connectivity index (χ3v) is 5.11. The summed E-state index contributed by atoms with van der Waals surface area (Å²) in [7, 11) is 0. The van der Waals surface area contributed by atoms with Crippen molar-refractivity contribution in [2.75, 3.05) is 11.1 Å². The number of amides is 1. The Labute approximate surface area is 163 Å². The lowest BCUT2D eigenvalue weighted by atomic mass is 10.1. The molecule has 0 aliphatic carbocycles. The molecule has 0 unspecified atom stereocenters. The summed E-state index contributed by atoms with van der Waals surface area (Å²) >= 11 is 1.37. The van der Waals surface area contributed by atoms with Crippen LogP contribution in [0.2, 0.25) is 0 Å². The first-order valence-electron chi connectivity index (χ1n) is 8.68. The van der Waals surface area contributed by atoms with E-state index in [1.165, 1.54) is 11.8 Å². The summed E-state index contributed by atoms with van der Waals surface area (Å²) in [5, 5.41) is 12.3. The lowest BCUT2D eigenvalue weighted by Gasteiger charge is -2.11. The summed E-state index contributed by atoms with van der Waals surface area (Å²) in [6.07, 6.45) is 1.80. The molecule has 3 rings (SSSR count). The van der Waals surface area contributed by atoms with Crippen LogP contribution in [0.4, 0.5) is 5.69 Å². The second-order valence-electron chi connectivity index (χ2n) is 6.18. The second kappa shape index (κ2) is 8.68. The van der Waals surface area contributed by atoms with E-state index in [4.69, 9.17) is 0 Å². The zero-order valence-electron chi connectivity index (χ0n) is 15.5. The number of thioether (sulfide) groups is 1. The predicted molar refractivity (Wildman–Crippen MR) is 111 cm³/mol. The molecule has 1 amide bonds. The summed E-state index contributed by atoms with van der Waals surface area (Å²) in [6.45, 7) is 8.38. The second-order valence-corrected chi connectivity index (χ2v) is 7.12. The molecule has 0 atom stereocenters. The quantitative estimate of drug-likeness (QED) is 0.486. The number of para-hydroxylation sites is 1. The minimum absolute atomic E-state index is 0.0631. The molecule has 0 saturated carbocycles. The van der Waals surface area contributed by atoms with Crippen molar-refractivity contribution in [1.29, 1.82) is 0 Å². The van der Waals surface area contributed by atoms with E-state index >= 15 is 0 Å². The zero-order chi connectivity index (χ0) is 19.2. The van der Waals surface area contributed by atoms with Crippen molar-refractivity contribution in [3.63, 3.8) is 0 Å². The van der Waals surface area contributed by atoms with Gasteiger partial charge in [-0.1, -0.05) is 66.4 Å². The van der Waals surface area contributed by atoms with E-state index in [1.54, 1.807) is 6.08 Å². The lowest BCUT2D eigenvalue weighted by Crippen LogP contribution is -2.16. The van der Waals surface area contributed by atoms with Crippen LogP contribution in [-0.2, 0) is 11.3 Å². The van der Waals surface area contributed by atoms with Crippen LogP contribution in [0.25, 0.3) is 11.4 Å². The minimum Gasteiger partial charge on any atom is -0.325 e. The Morgan fingerprint density at radius 3 is 2.48 bits per heavy atom. The zero-order valence-corrected chi connectivity index (χ0v) is 16.3. The van der Waals surface area contributed by atoms with Crippen LogP contribution in [0.15, 0.2) is 66.3 Å². The fourth-order valence-electron chi connectivity index (χ4n) is 2.81. The van der Waals surface area contributed by atoms with Crippen LogP contribution in [0.5, 0.6) is 0 Å². The average molecular weight is 379 g/mol. The van der Waals surface area contributed by atoms with Crippen molar-refractivity contribution in [3.8, 4) is 11.4 Å². The predicted octanol–water partition coefficient (Wildman–Crippen LogP) is 4.48. The van der Waals surface area contributed by atoms with Gasteiger partial charge < -0.3 is 5.32 Å². The highest BCUT2D eigenvalue weighted by Crippen LogP contribution is 2.25. The van der Waals surface area contributed by atoms with E-state index in [2.05, 4.69) is 22.1 Å². The molecule has 1 aromatic heterocycles. The van der Waals surface area contributed by atoms with Crippen LogP contribution >= 0.6 is 11.8 Å². The minimum atomic E-state index is -0.0631. The third kappa shape index (κ3) is 4.46. The number of hydrogen-bond donors (Lipinski definition) is 1. The monoisotopic (exact) mass is 378 g/mol. The van der Waals surface area contributed by atoms with Gasteiger partial charge in [-0.2, -0.15) is 0 Å². The first-order valence-corrected chi connectivity index (χ1v) is 9.67. The fourth-order valence-corrected chi connectivity index (χ4v) is 3.55. The SMILES string of the molecule is C=CCn1c(SCC(=O)Nc2c(C)cccc2C)nnc1-c1ccccc1. The van der Waals surface area contributed by atoms with Gasteiger partial charge in [0.15, 0.2) is 11.0 Å². The maximum atomic E-state index is 12.4. The number of anilines is 1. The molecule has 6 heteroatoms. The van der Waals surface area contributed by atoms with Gasteiger partial charge in [0, 0.05) is 17.8 Å². The summed E-state index contributed by atoms with van der Waals surface area (Å²) in [6, 6.07) is 15.8. The third-order valence-electron chi connectivity index (χ3n) is 4.14. The first kappa shape index (κ1) is 18.9. The molecule has 27 heavy (non-hydrogen) atoms. The fraction of sp³-hybridized carbons (Fsp3) is 0.190. The van der Waals surface area contributed by atoms with Gasteiger partial charge in [-0.15, -0.1) is 16.8 Å². The molecule has 0 spiro atoms. The molecular formula is C21H22N4OS. The molecule has 0 saturated heterocycles. The Balaban J connectivity index is 1.73. The summed E-state index contributed by atoms with van der Waals surface area (Å²) < 4.78 is 1.97. The highest BCUT2D eigenvalue weighted by atomic mass is 32.2. The van der Waals surface area contributed by atoms with Crippen molar-refractivity contribution in [3.05, 3.63) is 72.3 Å². The molecule has 0 aliphatic rings. The first-order chi connectivity index (χ1) is 13.1.